The van der Waals surface area contributed by atoms with Crippen LogP contribution in [-0.4, -0.2) is 6.03 Å². The first-order chi connectivity index (χ1) is 13.8. The summed E-state index contributed by atoms with van der Waals surface area (Å²) in [6.07, 6.45) is 13.3. The highest BCUT2D eigenvalue weighted by atomic mass is 16.2. The van der Waals surface area contributed by atoms with Crippen molar-refractivity contribution >= 4 is 17.4 Å². The number of nitrogens with one attached hydrogen (secondary N) is 2. The highest BCUT2D eigenvalue weighted by Crippen LogP contribution is 2.34. The molecule has 2 aliphatic carbocycles. The van der Waals surface area contributed by atoms with E-state index in [1.165, 1.54) is 75.3 Å². The molecule has 2 fully saturated rings. The van der Waals surface area contributed by atoms with Gasteiger partial charge in [-0.1, -0.05) is 62.8 Å². The Hall–Kier alpha value is -2.29. The highest BCUT2D eigenvalue weighted by molar-refractivity contribution is 5.99. The minimum Gasteiger partial charge on any atom is -0.308 e. The third-order valence-corrected chi connectivity index (χ3v) is 6.49. The third kappa shape index (κ3) is 4.95. The molecule has 0 aliphatic heterocycles. The summed E-state index contributed by atoms with van der Waals surface area (Å²) in [6.45, 7) is 0. The fourth-order valence-electron chi connectivity index (χ4n) is 4.84. The van der Waals surface area contributed by atoms with Crippen LogP contribution in [0.3, 0.4) is 0 Å². The number of rotatable bonds is 4. The highest BCUT2D eigenvalue weighted by Gasteiger charge is 2.16. The van der Waals surface area contributed by atoms with Gasteiger partial charge in [-0.15, -0.1) is 0 Å². The summed E-state index contributed by atoms with van der Waals surface area (Å²) in [5.41, 5.74) is 4.50. The maximum Gasteiger partial charge on any atom is 0.323 e. The maximum atomic E-state index is 12.3. The van der Waals surface area contributed by atoms with Crippen LogP contribution in [0.4, 0.5) is 16.2 Å². The zero-order valence-electron chi connectivity index (χ0n) is 16.8. The van der Waals surface area contributed by atoms with E-state index < -0.39 is 0 Å². The van der Waals surface area contributed by atoms with Crippen molar-refractivity contribution in [2.24, 2.45) is 0 Å². The van der Waals surface area contributed by atoms with Crippen LogP contribution < -0.4 is 10.6 Å². The van der Waals surface area contributed by atoms with Crippen molar-refractivity contribution < 1.29 is 4.79 Å². The third-order valence-electron chi connectivity index (χ3n) is 6.49. The zero-order valence-corrected chi connectivity index (χ0v) is 16.8. The molecule has 0 spiro atoms. The fraction of sp³-hybridized carbons (Fsp3) is 0.480. The second-order valence-electron chi connectivity index (χ2n) is 8.49. The Labute approximate surface area is 168 Å². The molecule has 2 aromatic carbocycles. The maximum absolute atomic E-state index is 12.3. The Kier molecular flexibility index (Phi) is 6.31. The average Bonchev–Trinajstić information content (AvgIpc) is 2.76. The van der Waals surface area contributed by atoms with Crippen molar-refractivity contribution in [2.45, 2.75) is 76.0 Å². The van der Waals surface area contributed by atoms with E-state index in [0.29, 0.717) is 11.8 Å². The summed E-state index contributed by atoms with van der Waals surface area (Å²) in [5.74, 6) is 1.39. The SMILES string of the molecule is O=C(Nc1ccc(C2CCCCC2)cc1)Nc1ccc(C2CCCCC2)cc1. The van der Waals surface area contributed by atoms with E-state index in [1.807, 2.05) is 24.3 Å². The first kappa shape index (κ1) is 19.0. The van der Waals surface area contributed by atoms with Gasteiger partial charge in [-0.2, -0.15) is 0 Å². The lowest BCUT2D eigenvalue weighted by Gasteiger charge is -2.22. The molecule has 0 atom stereocenters. The van der Waals surface area contributed by atoms with Gasteiger partial charge in [0.2, 0.25) is 0 Å². The standard InChI is InChI=1S/C25H32N2O/c28-25(26-23-15-11-21(12-16-23)19-7-3-1-4-8-19)27-24-17-13-22(14-18-24)20-9-5-2-6-10-20/h11-20H,1-10H2,(H2,26,27,28). The Bertz CT molecular complexity index is 689. The molecular weight excluding hydrogens is 344 g/mol. The minimum atomic E-state index is -0.184. The van der Waals surface area contributed by atoms with Crippen molar-refractivity contribution in [3.05, 3.63) is 59.7 Å². The summed E-state index contributed by atoms with van der Waals surface area (Å²) in [4.78, 5) is 12.3. The van der Waals surface area contributed by atoms with Crippen LogP contribution in [0.25, 0.3) is 0 Å². The van der Waals surface area contributed by atoms with Crippen molar-refractivity contribution in [3.63, 3.8) is 0 Å². The predicted molar refractivity (Wildman–Crippen MR) is 117 cm³/mol. The largest absolute Gasteiger partial charge is 0.323 e. The Morgan fingerprint density at radius 2 is 0.929 bits per heavy atom. The minimum absolute atomic E-state index is 0.184. The van der Waals surface area contributed by atoms with Crippen molar-refractivity contribution in [2.75, 3.05) is 10.6 Å². The van der Waals surface area contributed by atoms with E-state index in [-0.39, 0.29) is 6.03 Å². The monoisotopic (exact) mass is 376 g/mol. The van der Waals surface area contributed by atoms with Gasteiger partial charge in [0.1, 0.15) is 0 Å². The second-order valence-corrected chi connectivity index (χ2v) is 8.49. The lowest BCUT2D eigenvalue weighted by Crippen LogP contribution is -2.19. The van der Waals surface area contributed by atoms with Gasteiger partial charge in [0.25, 0.3) is 0 Å². The van der Waals surface area contributed by atoms with Gasteiger partial charge in [-0.3, -0.25) is 0 Å². The van der Waals surface area contributed by atoms with E-state index in [4.69, 9.17) is 0 Å². The summed E-state index contributed by atoms with van der Waals surface area (Å²) in [7, 11) is 0. The fourth-order valence-corrected chi connectivity index (χ4v) is 4.84. The molecule has 0 bridgehead atoms. The van der Waals surface area contributed by atoms with Crippen LogP contribution in [0.5, 0.6) is 0 Å². The average molecular weight is 377 g/mol. The van der Waals surface area contributed by atoms with E-state index in [2.05, 4.69) is 34.9 Å². The number of carbonyl (C=O) groups excluding carboxylic acids is 1. The quantitative estimate of drug-likeness (QED) is 0.572. The van der Waals surface area contributed by atoms with Crippen LogP contribution in [0.1, 0.15) is 87.2 Å². The summed E-state index contributed by atoms with van der Waals surface area (Å²) < 4.78 is 0. The van der Waals surface area contributed by atoms with Crippen molar-refractivity contribution in [1.82, 2.24) is 0 Å². The van der Waals surface area contributed by atoms with E-state index in [0.717, 1.165) is 11.4 Å². The molecule has 148 valence electrons. The topological polar surface area (TPSA) is 41.1 Å². The molecule has 0 saturated heterocycles. The van der Waals surface area contributed by atoms with Gasteiger partial charge >= 0.3 is 6.03 Å². The van der Waals surface area contributed by atoms with Crippen LogP contribution in [0, 0.1) is 0 Å². The molecule has 4 rings (SSSR count). The molecule has 2 aliphatic rings. The molecule has 0 unspecified atom stereocenters. The van der Waals surface area contributed by atoms with Crippen LogP contribution in [0.2, 0.25) is 0 Å². The molecule has 2 N–H and O–H groups in total. The molecule has 2 saturated carbocycles. The Morgan fingerprint density at radius 1 is 0.571 bits per heavy atom. The predicted octanol–water partition coefficient (Wildman–Crippen LogP) is 7.43. The van der Waals surface area contributed by atoms with Gasteiger partial charge in [-0.25, -0.2) is 4.79 Å². The number of carbonyl (C=O) groups is 1. The van der Waals surface area contributed by atoms with E-state index >= 15 is 0 Å². The molecular formula is C25H32N2O. The van der Waals surface area contributed by atoms with Gasteiger partial charge < -0.3 is 10.6 Å². The first-order valence-electron chi connectivity index (χ1n) is 11.1. The summed E-state index contributed by atoms with van der Waals surface area (Å²) in [5, 5.41) is 5.90. The Balaban J connectivity index is 1.30. The number of amides is 2. The Morgan fingerprint density at radius 3 is 1.29 bits per heavy atom. The number of hydrogen-bond donors (Lipinski definition) is 2. The van der Waals surface area contributed by atoms with Crippen LogP contribution in [-0.2, 0) is 0 Å². The smallest absolute Gasteiger partial charge is 0.308 e. The van der Waals surface area contributed by atoms with Gasteiger partial charge in [0, 0.05) is 11.4 Å². The van der Waals surface area contributed by atoms with Gasteiger partial charge in [0.05, 0.1) is 0 Å². The number of anilines is 2. The molecule has 28 heavy (non-hydrogen) atoms. The normalized spacial score (nSPS) is 18.6. The number of hydrogen-bond acceptors (Lipinski definition) is 1. The van der Waals surface area contributed by atoms with E-state index in [9.17, 15) is 4.79 Å². The van der Waals surface area contributed by atoms with Crippen molar-refractivity contribution in [3.8, 4) is 0 Å². The number of urea groups is 1. The molecule has 2 aromatic rings. The molecule has 3 nitrogen and oxygen atoms in total. The number of benzene rings is 2. The summed E-state index contributed by atoms with van der Waals surface area (Å²) >= 11 is 0. The van der Waals surface area contributed by atoms with Crippen LogP contribution >= 0.6 is 0 Å². The molecule has 0 aromatic heterocycles. The second kappa shape index (κ2) is 9.27. The molecule has 0 heterocycles. The lowest BCUT2D eigenvalue weighted by atomic mass is 9.84. The lowest BCUT2D eigenvalue weighted by molar-refractivity contribution is 0.262. The zero-order chi connectivity index (χ0) is 19.2. The molecule has 2 amide bonds. The summed E-state index contributed by atoms with van der Waals surface area (Å²) in [6, 6.07) is 16.6. The first-order valence-corrected chi connectivity index (χ1v) is 11.1. The van der Waals surface area contributed by atoms with Gasteiger partial charge in [-0.05, 0) is 72.9 Å². The van der Waals surface area contributed by atoms with Gasteiger partial charge in [0.15, 0.2) is 0 Å². The van der Waals surface area contributed by atoms with Crippen LogP contribution in [0.15, 0.2) is 48.5 Å². The molecule has 0 radical (unpaired) electrons. The molecule has 3 heteroatoms. The van der Waals surface area contributed by atoms with E-state index in [1.54, 1.807) is 0 Å². The van der Waals surface area contributed by atoms with Crippen molar-refractivity contribution in [1.29, 1.82) is 0 Å².